The molecule has 3 heterocycles. The molecule has 0 saturated carbocycles. The first kappa shape index (κ1) is 13.7. The Kier molecular flexibility index (Phi) is 3.36. The Hall–Kier alpha value is -1.30. The number of carbonyl (C=O) groups is 2. The standard InChI is InChI=1S/C14H23N3O3/c1-14(12(18)19)5-8-17(9-14)13(20)15-10-4-7-16-6-2-3-11(10)16/h10-11H,2-9H2,1H3,(H,15,20)(H,18,19). The molecule has 2 amide bonds. The van der Waals surface area contributed by atoms with Gasteiger partial charge in [0.25, 0.3) is 0 Å². The SMILES string of the molecule is CC1(C(=O)O)CCN(C(=O)NC2CCN3CCCC23)C1. The summed E-state index contributed by atoms with van der Waals surface area (Å²) in [5.41, 5.74) is -0.785. The molecule has 3 saturated heterocycles. The summed E-state index contributed by atoms with van der Waals surface area (Å²) in [5.74, 6) is -0.810. The van der Waals surface area contributed by atoms with Crippen molar-refractivity contribution in [2.75, 3.05) is 26.2 Å². The highest BCUT2D eigenvalue weighted by atomic mass is 16.4. The van der Waals surface area contributed by atoms with E-state index in [2.05, 4.69) is 10.2 Å². The van der Waals surface area contributed by atoms with Crippen LogP contribution in [-0.4, -0.2) is 65.2 Å². The number of amides is 2. The van der Waals surface area contributed by atoms with Crippen LogP contribution in [-0.2, 0) is 4.79 Å². The van der Waals surface area contributed by atoms with Gasteiger partial charge in [-0.1, -0.05) is 0 Å². The molecular formula is C14H23N3O3. The smallest absolute Gasteiger partial charge is 0.317 e. The third kappa shape index (κ3) is 2.26. The van der Waals surface area contributed by atoms with E-state index in [1.165, 1.54) is 6.42 Å². The topological polar surface area (TPSA) is 72.9 Å². The van der Waals surface area contributed by atoms with Gasteiger partial charge in [-0.3, -0.25) is 9.69 Å². The molecule has 0 bridgehead atoms. The maximum absolute atomic E-state index is 12.3. The molecule has 0 aromatic carbocycles. The Labute approximate surface area is 119 Å². The number of hydrogen-bond donors (Lipinski definition) is 2. The van der Waals surface area contributed by atoms with Crippen molar-refractivity contribution in [2.45, 2.75) is 44.7 Å². The summed E-state index contributed by atoms with van der Waals surface area (Å²) in [4.78, 5) is 27.6. The quantitative estimate of drug-likeness (QED) is 0.782. The fourth-order valence-corrected chi connectivity index (χ4v) is 3.81. The van der Waals surface area contributed by atoms with E-state index in [1.54, 1.807) is 11.8 Å². The second kappa shape index (κ2) is 4.91. The second-order valence-electron chi connectivity index (χ2n) is 6.63. The van der Waals surface area contributed by atoms with E-state index in [9.17, 15) is 14.7 Å². The van der Waals surface area contributed by atoms with E-state index in [4.69, 9.17) is 0 Å². The van der Waals surface area contributed by atoms with Crippen molar-refractivity contribution in [2.24, 2.45) is 5.41 Å². The normalized spacial score (nSPS) is 37.1. The molecule has 0 aromatic heterocycles. The Morgan fingerprint density at radius 2 is 2.05 bits per heavy atom. The maximum atomic E-state index is 12.3. The zero-order chi connectivity index (χ0) is 14.3. The fourth-order valence-electron chi connectivity index (χ4n) is 3.81. The first-order valence-corrected chi connectivity index (χ1v) is 7.52. The number of fused-ring (bicyclic) bond motifs is 1. The van der Waals surface area contributed by atoms with E-state index in [0.717, 1.165) is 25.9 Å². The minimum Gasteiger partial charge on any atom is -0.481 e. The van der Waals surface area contributed by atoms with Crippen molar-refractivity contribution >= 4 is 12.0 Å². The van der Waals surface area contributed by atoms with Crippen molar-refractivity contribution in [3.8, 4) is 0 Å². The summed E-state index contributed by atoms with van der Waals surface area (Å²) in [6.07, 6.45) is 3.94. The maximum Gasteiger partial charge on any atom is 0.317 e. The molecule has 6 heteroatoms. The van der Waals surface area contributed by atoms with Crippen LogP contribution >= 0.6 is 0 Å². The summed E-state index contributed by atoms with van der Waals surface area (Å²) in [6.45, 7) is 4.79. The van der Waals surface area contributed by atoms with Gasteiger partial charge in [-0.05, 0) is 39.2 Å². The molecule has 0 aliphatic carbocycles. The molecule has 2 N–H and O–H groups in total. The average molecular weight is 281 g/mol. The van der Waals surface area contributed by atoms with Crippen molar-refractivity contribution in [1.29, 1.82) is 0 Å². The van der Waals surface area contributed by atoms with E-state index in [-0.39, 0.29) is 12.1 Å². The summed E-state index contributed by atoms with van der Waals surface area (Å²) in [5, 5.41) is 12.3. The lowest BCUT2D eigenvalue weighted by atomic mass is 9.90. The van der Waals surface area contributed by atoms with E-state index in [0.29, 0.717) is 25.6 Å². The van der Waals surface area contributed by atoms with E-state index < -0.39 is 11.4 Å². The zero-order valence-electron chi connectivity index (χ0n) is 12.0. The lowest BCUT2D eigenvalue weighted by Crippen LogP contribution is -2.48. The van der Waals surface area contributed by atoms with Crippen LogP contribution in [0.2, 0.25) is 0 Å². The number of rotatable bonds is 2. The van der Waals surface area contributed by atoms with Crippen molar-refractivity contribution in [3.05, 3.63) is 0 Å². The van der Waals surface area contributed by atoms with E-state index >= 15 is 0 Å². The zero-order valence-corrected chi connectivity index (χ0v) is 12.0. The van der Waals surface area contributed by atoms with Gasteiger partial charge in [0.05, 0.1) is 5.41 Å². The lowest BCUT2D eigenvalue weighted by molar-refractivity contribution is -0.146. The Bertz CT molecular complexity index is 428. The number of carbonyl (C=O) groups excluding carboxylic acids is 1. The van der Waals surface area contributed by atoms with Gasteiger partial charge in [-0.2, -0.15) is 0 Å². The number of nitrogens with zero attached hydrogens (tertiary/aromatic N) is 2. The van der Waals surface area contributed by atoms with E-state index in [1.807, 2.05) is 0 Å². The lowest BCUT2D eigenvalue weighted by Gasteiger charge is -2.25. The van der Waals surface area contributed by atoms with Crippen LogP contribution < -0.4 is 5.32 Å². The molecule has 20 heavy (non-hydrogen) atoms. The third-order valence-electron chi connectivity index (χ3n) is 5.19. The number of carboxylic acid groups (broad SMARTS) is 1. The van der Waals surface area contributed by atoms with Crippen molar-refractivity contribution in [1.82, 2.24) is 15.1 Å². The molecule has 0 radical (unpaired) electrons. The van der Waals surface area contributed by atoms with Crippen LogP contribution in [0.3, 0.4) is 0 Å². The molecule has 3 atom stereocenters. The van der Waals surface area contributed by atoms with Crippen LogP contribution in [0.25, 0.3) is 0 Å². The monoisotopic (exact) mass is 281 g/mol. The molecule has 0 spiro atoms. The Balaban J connectivity index is 1.57. The minimum atomic E-state index is -0.810. The predicted octanol–water partition coefficient (Wildman–Crippen LogP) is 0.729. The number of likely N-dealkylation sites (tertiary alicyclic amines) is 1. The summed E-state index contributed by atoms with van der Waals surface area (Å²) < 4.78 is 0. The first-order valence-electron chi connectivity index (χ1n) is 7.52. The molecule has 112 valence electrons. The number of hydrogen-bond acceptors (Lipinski definition) is 3. The summed E-state index contributed by atoms with van der Waals surface area (Å²) in [7, 11) is 0. The predicted molar refractivity (Wildman–Crippen MR) is 73.5 cm³/mol. The van der Waals surface area contributed by atoms with Gasteiger partial charge < -0.3 is 15.3 Å². The number of nitrogens with one attached hydrogen (secondary N) is 1. The van der Waals surface area contributed by atoms with Gasteiger partial charge in [0, 0.05) is 31.7 Å². The van der Waals surface area contributed by atoms with Crippen molar-refractivity contribution < 1.29 is 14.7 Å². The largest absolute Gasteiger partial charge is 0.481 e. The van der Waals surface area contributed by atoms with Crippen LogP contribution in [0.1, 0.15) is 32.6 Å². The van der Waals surface area contributed by atoms with Crippen LogP contribution in [0.15, 0.2) is 0 Å². The number of aliphatic carboxylic acids is 1. The highest BCUT2D eigenvalue weighted by Crippen LogP contribution is 2.31. The highest BCUT2D eigenvalue weighted by Gasteiger charge is 2.44. The minimum absolute atomic E-state index is 0.0891. The molecule has 3 aliphatic heterocycles. The van der Waals surface area contributed by atoms with Crippen LogP contribution in [0.5, 0.6) is 0 Å². The van der Waals surface area contributed by atoms with Gasteiger partial charge in [0.1, 0.15) is 0 Å². The van der Waals surface area contributed by atoms with Gasteiger partial charge in [0.15, 0.2) is 0 Å². The number of urea groups is 1. The molecular weight excluding hydrogens is 258 g/mol. The summed E-state index contributed by atoms with van der Waals surface area (Å²) in [6, 6.07) is 0.641. The fraction of sp³-hybridized carbons (Fsp3) is 0.857. The molecule has 3 unspecified atom stereocenters. The van der Waals surface area contributed by atoms with Crippen molar-refractivity contribution in [3.63, 3.8) is 0 Å². The third-order valence-corrected chi connectivity index (χ3v) is 5.19. The van der Waals surface area contributed by atoms with Gasteiger partial charge in [-0.25, -0.2) is 4.79 Å². The summed E-state index contributed by atoms with van der Waals surface area (Å²) >= 11 is 0. The van der Waals surface area contributed by atoms with Crippen LogP contribution in [0, 0.1) is 5.41 Å². The second-order valence-corrected chi connectivity index (χ2v) is 6.63. The Morgan fingerprint density at radius 1 is 1.25 bits per heavy atom. The van der Waals surface area contributed by atoms with Gasteiger partial charge >= 0.3 is 12.0 Å². The molecule has 3 aliphatic rings. The van der Waals surface area contributed by atoms with Gasteiger partial charge in [0.2, 0.25) is 0 Å². The molecule has 0 aromatic rings. The molecule has 3 rings (SSSR count). The van der Waals surface area contributed by atoms with Crippen LogP contribution in [0.4, 0.5) is 4.79 Å². The first-order chi connectivity index (χ1) is 9.49. The highest BCUT2D eigenvalue weighted by molar-refractivity contribution is 5.79. The Morgan fingerprint density at radius 3 is 2.75 bits per heavy atom. The van der Waals surface area contributed by atoms with Gasteiger partial charge in [-0.15, -0.1) is 0 Å². The molecule has 6 nitrogen and oxygen atoms in total. The molecule has 3 fully saturated rings. The number of carboxylic acids is 1. The average Bonchev–Trinajstić information content (AvgIpc) is 3.06.